The van der Waals surface area contributed by atoms with Crippen molar-refractivity contribution < 1.29 is 42.1 Å². The van der Waals surface area contributed by atoms with Gasteiger partial charge in [-0.3, -0.25) is 4.79 Å². The Morgan fingerprint density at radius 3 is 2.20 bits per heavy atom. The summed E-state index contributed by atoms with van der Waals surface area (Å²) in [5.41, 5.74) is 1.92. The fourth-order valence-electron chi connectivity index (χ4n) is 4.40. The monoisotopic (exact) mass is 492 g/mol. The summed E-state index contributed by atoms with van der Waals surface area (Å²) in [5, 5.41) is 13.3. The van der Waals surface area contributed by atoms with Crippen LogP contribution in [0.15, 0.2) is 48.5 Å². The highest BCUT2D eigenvalue weighted by Gasteiger charge is 2.50. The van der Waals surface area contributed by atoms with Crippen LogP contribution in [0.3, 0.4) is 0 Å². The first-order valence-corrected chi connectivity index (χ1v) is 10.9. The molecule has 1 fully saturated rings. The zero-order valence-corrected chi connectivity index (χ0v) is 18.4. The van der Waals surface area contributed by atoms with Gasteiger partial charge in [0.1, 0.15) is 6.61 Å². The molecule has 1 aliphatic carbocycles. The summed E-state index contributed by atoms with van der Waals surface area (Å²) in [6.07, 6.45) is -6.32. The fraction of sp³-hybridized carbons (Fsp3) is 0.375. The van der Waals surface area contributed by atoms with Crippen molar-refractivity contribution in [2.75, 3.05) is 26.4 Å². The number of fused-ring (bicyclic) bond motifs is 3. The van der Waals surface area contributed by atoms with E-state index in [1.54, 1.807) is 0 Å². The number of hydrogen-bond donors (Lipinski definition) is 3. The third kappa shape index (κ3) is 4.95. The molecule has 2 aromatic rings. The van der Waals surface area contributed by atoms with Crippen LogP contribution in [-0.2, 0) is 19.1 Å². The molecule has 0 saturated carbocycles. The lowest BCUT2D eigenvalue weighted by molar-refractivity contribution is -0.183. The van der Waals surface area contributed by atoms with Crippen LogP contribution < -0.4 is 10.6 Å². The summed E-state index contributed by atoms with van der Waals surface area (Å²) in [7, 11) is 0. The number of hydrogen-bond acceptors (Lipinski definition) is 5. The maximum absolute atomic E-state index is 13.6. The molecule has 0 radical (unpaired) electrons. The molecule has 2 atom stereocenters. The van der Waals surface area contributed by atoms with Gasteiger partial charge >= 0.3 is 18.2 Å². The standard InChI is InChI=1S/C24H23F3N2O6/c25-24(26,27)19(20(30)29-23(21(31)32)9-10-34-13-23)11-28-22(33)35-12-18-16-7-3-1-5-14(16)15-6-2-4-8-17(15)18/h1-8,18-19H,9-13H2,(H,28,33)(H,29,30)(H,31,32). The maximum Gasteiger partial charge on any atom is 0.407 e. The van der Waals surface area contributed by atoms with Gasteiger partial charge in [-0.05, 0) is 22.3 Å². The van der Waals surface area contributed by atoms with Crippen LogP contribution in [0.1, 0.15) is 23.5 Å². The van der Waals surface area contributed by atoms with Gasteiger partial charge in [0.15, 0.2) is 11.5 Å². The number of carboxylic acid groups (broad SMARTS) is 1. The number of alkyl carbamates (subject to hydrolysis) is 1. The van der Waals surface area contributed by atoms with E-state index in [4.69, 9.17) is 9.47 Å². The molecule has 2 amide bonds. The Morgan fingerprint density at radius 2 is 1.69 bits per heavy atom. The molecule has 3 N–H and O–H groups in total. The van der Waals surface area contributed by atoms with Gasteiger partial charge in [-0.1, -0.05) is 48.5 Å². The molecule has 1 heterocycles. The van der Waals surface area contributed by atoms with Gasteiger partial charge in [-0.25, -0.2) is 9.59 Å². The highest BCUT2D eigenvalue weighted by molar-refractivity contribution is 5.89. The molecule has 2 unspecified atom stereocenters. The number of rotatable bonds is 7. The van der Waals surface area contributed by atoms with Crippen molar-refractivity contribution in [3.8, 4) is 11.1 Å². The molecule has 186 valence electrons. The van der Waals surface area contributed by atoms with Crippen molar-refractivity contribution in [2.45, 2.75) is 24.1 Å². The van der Waals surface area contributed by atoms with E-state index in [2.05, 4.69) is 0 Å². The minimum absolute atomic E-state index is 0.0126. The first-order chi connectivity index (χ1) is 16.6. The number of carbonyl (C=O) groups excluding carboxylic acids is 2. The van der Waals surface area contributed by atoms with Crippen LogP contribution in [0.2, 0.25) is 0 Å². The lowest BCUT2D eigenvalue weighted by Crippen LogP contribution is -2.59. The third-order valence-corrected chi connectivity index (χ3v) is 6.30. The minimum atomic E-state index is -5.03. The normalized spacial score (nSPS) is 20.0. The van der Waals surface area contributed by atoms with Crippen LogP contribution >= 0.6 is 0 Å². The van der Waals surface area contributed by atoms with Crippen LogP contribution in [-0.4, -0.2) is 61.2 Å². The zero-order valence-electron chi connectivity index (χ0n) is 18.4. The number of carboxylic acids is 1. The Bertz CT molecular complexity index is 1080. The molecule has 2 aliphatic rings. The molecular formula is C24H23F3N2O6. The van der Waals surface area contributed by atoms with Crippen molar-refractivity contribution in [2.24, 2.45) is 5.92 Å². The molecule has 35 heavy (non-hydrogen) atoms. The first-order valence-electron chi connectivity index (χ1n) is 10.9. The Hall–Kier alpha value is -3.60. The number of benzene rings is 2. The predicted octanol–water partition coefficient (Wildman–Crippen LogP) is 3.06. The first kappa shape index (κ1) is 24.5. The fourth-order valence-corrected chi connectivity index (χ4v) is 4.40. The van der Waals surface area contributed by atoms with Gasteiger partial charge in [0.05, 0.1) is 6.61 Å². The number of aliphatic carboxylic acids is 1. The largest absolute Gasteiger partial charge is 0.479 e. The summed E-state index contributed by atoms with van der Waals surface area (Å²) in [6, 6.07) is 15.2. The SMILES string of the molecule is O=C(NCC(C(=O)NC1(C(=O)O)CCOC1)C(F)(F)F)OCC1c2ccccc2-c2ccccc21. The van der Waals surface area contributed by atoms with E-state index < -0.39 is 48.8 Å². The summed E-state index contributed by atoms with van der Waals surface area (Å²) in [5.74, 6) is -6.01. The molecule has 11 heteroatoms. The zero-order chi connectivity index (χ0) is 25.2. The second-order valence-corrected chi connectivity index (χ2v) is 8.48. The quantitative estimate of drug-likeness (QED) is 0.548. The Balaban J connectivity index is 1.39. The average molecular weight is 492 g/mol. The Labute approximate surface area is 198 Å². The van der Waals surface area contributed by atoms with Crippen LogP contribution in [0.5, 0.6) is 0 Å². The van der Waals surface area contributed by atoms with Gasteiger partial charge in [0.2, 0.25) is 5.91 Å². The molecule has 8 nitrogen and oxygen atoms in total. The molecule has 1 saturated heterocycles. The molecule has 2 aromatic carbocycles. The predicted molar refractivity (Wildman–Crippen MR) is 117 cm³/mol. The van der Waals surface area contributed by atoms with Crippen LogP contribution in [0.25, 0.3) is 11.1 Å². The van der Waals surface area contributed by atoms with Crippen LogP contribution in [0, 0.1) is 5.92 Å². The van der Waals surface area contributed by atoms with E-state index in [0.717, 1.165) is 22.3 Å². The number of ether oxygens (including phenoxy) is 2. The average Bonchev–Trinajstić information content (AvgIpc) is 3.40. The second kappa shape index (κ2) is 9.57. The topological polar surface area (TPSA) is 114 Å². The smallest absolute Gasteiger partial charge is 0.407 e. The highest BCUT2D eigenvalue weighted by atomic mass is 19.4. The van der Waals surface area contributed by atoms with E-state index in [0.29, 0.717) is 0 Å². The van der Waals surface area contributed by atoms with E-state index in [1.165, 1.54) is 0 Å². The summed E-state index contributed by atoms with van der Waals surface area (Å²) in [4.78, 5) is 36.1. The lowest BCUT2D eigenvalue weighted by Gasteiger charge is -2.27. The molecule has 1 aliphatic heterocycles. The van der Waals surface area contributed by atoms with Crippen molar-refractivity contribution in [3.63, 3.8) is 0 Å². The number of halogens is 3. The van der Waals surface area contributed by atoms with E-state index in [9.17, 15) is 32.7 Å². The summed E-state index contributed by atoms with van der Waals surface area (Å²) in [6.45, 7) is -1.68. The van der Waals surface area contributed by atoms with Crippen molar-refractivity contribution in [3.05, 3.63) is 59.7 Å². The molecular weight excluding hydrogens is 469 g/mol. The third-order valence-electron chi connectivity index (χ3n) is 6.30. The number of alkyl halides is 3. The molecule has 4 rings (SSSR count). The van der Waals surface area contributed by atoms with E-state index >= 15 is 0 Å². The van der Waals surface area contributed by atoms with Gasteiger partial charge in [0.25, 0.3) is 0 Å². The lowest BCUT2D eigenvalue weighted by atomic mass is 9.97. The molecule has 0 bridgehead atoms. The summed E-state index contributed by atoms with van der Waals surface area (Å²) >= 11 is 0. The number of amides is 2. The number of carbonyl (C=O) groups is 3. The van der Waals surface area contributed by atoms with Crippen LogP contribution in [0.4, 0.5) is 18.0 Å². The van der Waals surface area contributed by atoms with E-state index in [1.807, 2.05) is 59.2 Å². The van der Waals surface area contributed by atoms with Gasteiger partial charge in [-0.2, -0.15) is 13.2 Å². The van der Waals surface area contributed by atoms with E-state index in [-0.39, 0.29) is 25.6 Å². The highest BCUT2D eigenvalue weighted by Crippen LogP contribution is 2.44. The Kier molecular flexibility index (Phi) is 6.70. The molecule has 0 spiro atoms. The minimum Gasteiger partial charge on any atom is -0.479 e. The Morgan fingerprint density at radius 1 is 1.09 bits per heavy atom. The van der Waals surface area contributed by atoms with Crippen molar-refractivity contribution >= 4 is 18.0 Å². The number of nitrogens with one attached hydrogen (secondary N) is 2. The maximum atomic E-state index is 13.6. The van der Waals surface area contributed by atoms with Crippen molar-refractivity contribution in [1.82, 2.24) is 10.6 Å². The van der Waals surface area contributed by atoms with Gasteiger partial charge in [0, 0.05) is 25.5 Å². The van der Waals surface area contributed by atoms with Gasteiger partial charge < -0.3 is 25.2 Å². The van der Waals surface area contributed by atoms with Gasteiger partial charge in [-0.15, -0.1) is 0 Å². The molecule has 0 aromatic heterocycles. The van der Waals surface area contributed by atoms with Crippen molar-refractivity contribution in [1.29, 1.82) is 0 Å². The second-order valence-electron chi connectivity index (χ2n) is 8.48. The summed E-state index contributed by atoms with van der Waals surface area (Å²) < 4.78 is 50.8.